The molecule has 0 aliphatic heterocycles. The Balaban J connectivity index is 0.000000845. The Kier molecular flexibility index (Phi) is 2.90. The molecule has 1 atom stereocenters. The van der Waals surface area contributed by atoms with Crippen LogP contribution in [0.15, 0.2) is 24.4 Å². The number of aromatic amines is 1. The Bertz CT molecular complexity index is 394. The highest BCUT2D eigenvalue weighted by Gasteiger charge is 2.01. The summed E-state index contributed by atoms with van der Waals surface area (Å²) in [6.45, 7) is 1.93. The van der Waals surface area contributed by atoms with Crippen molar-refractivity contribution in [2.75, 3.05) is 0 Å². The number of hydrogen-bond acceptors (Lipinski definition) is 2. The van der Waals surface area contributed by atoms with Crippen LogP contribution in [0.3, 0.4) is 0 Å². The molecule has 0 aliphatic carbocycles. The molecule has 2 aromatic rings. The third-order valence-electron chi connectivity index (χ3n) is 1.90. The molecule has 0 aliphatic rings. The lowest BCUT2D eigenvalue weighted by atomic mass is 10.2. The van der Waals surface area contributed by atoms with E-state index in [1.54, 1.807) is 0 Å². The zero-order chi connectivity index (χ0) is 8.55. The van der Waals surface area contributed by atoms with Gasteiger partial charge >= 0.3 is 0 Å². The maximum atomic E-state index is 5.70. The standard InChI is InChI=1S/C9H11N3.ClH/c1-6(10)8-3-2-7-4-5-11-9(7)12-8;/h2-6H,10H2,1H3,(H,11,12);1H/t6-;/m0./s1. The minimum absolute atomic E-state index is 0. The van der Waals surface area contributed by atoms with Crippen molar-refractivity contribution in [3.05, 3.63) is 30.1 Å². The molecule has 0 fully saturated rings. The van der Waals surface area contributed by atoms with Crippen LogP contribution in [0.2, 0.25) is 0 Å². The fraction of sp³-hybridized carbons (Fsp3) is 0.222. The molecule has 3 nitrogen and oxygen atoms in total. The van der Waals surface area contributed by atoms with E-state index in [-0.39, 0.29) is 18.4 Å². The second kappa shape index (κ2) is 3.77. The molecule has 2 rings (SSSR count). The number of hydrogen-bond donors (Lipinski definition) is 2. The van der Waals surface area contributed by atoms with E-state index in [4.69, 9.17) is 5.73 Å². The number of pyridine rings is 1. The monoisotopic (exact) mass is 197 g/mol. The number of halogens is 1. The molecule has 13 heavy (non-hydrogen) atoms. The van der Waals surface area contributed by atoms with Crippen LogP contribution in [-0.4, -0.2) is 9.97 Å². The van der Waals surface area contributed by atoms with Gasteiger partial charge in [-0.05, 0) is 25.1 Å². The van der Waals surface area contributed by atoms with Crippen molar-refractivity contribution in [2.45, 2.75) is 13.0 Å². The van der Waals surface area contributed by atoms with Gasteiger partial charge in [0.25, 0.3) is 0 Å². The van der Waals surface area contributed by atoms with Crippen LogP contribution >= 0.6 is 12.4 Å². The maximum Gasteiger partial charge on any atom is 0.137 e. The van der Waals surface area contributed by atoms with Crippen molar-refractivity contribution in [1.82, 2.24) is 9.97 Å². The summed E-state index contributed by atoms with van der Waals surface area (Å²) < 4.78 is 0. The van der Waals surface area contributed by atoms with Gasteiger partial charge in [0, 0.05) is 17.6 Å². The van der Waals surface area contributed by atoms with Gasteiger partial charge in [0.1, 0.15) is 5.65 Å². The maximum absolute atomic E-state index is 5.70. The summed E-state index contributed by atoms with van der Waals surface area (Å²) in [5.74, 6) is 0. The normalized spacial score (nSPS) is 12.5. The number of H-pyrrole nitrogens is 1. The topological polar surface area (TPSA) is 54.7 Å². The molecule has 0 unspecified atom stereocenters. The third-order valence-corrected chi connectivity index (χ3v) is 1.90. The number of fused-ring (bicyclic) bond motifs is 1. The molecule has 4 heteroatoms. The molecular weight excluding hydrogens is 186 g/mol. The van der Waals surface area contributed by atoms with E-state index < -0.39 is 0 Å². The molecule has 2 aromatic heterocycles. The van der Waals surface area contributed by atoms with Crippen LogP contribution < -0.4 is 5.73 Å². The summed E-state index contributed by atoms with van der Waals surface area (Å²) in [7, 11) is 0. The number of aromatic nitrogens is 2. The highest BCUT2D eigenvalue weighted by atomic mass is 35.5. The first-order chi connectivity index (χ1) is 5.77. The van der Waals surface area contributed by atoms with Gasteiger partial charge < -0.3 is 10.7 Å². The fourth-order valence-corrected chi connectivity index (χ4v) is 1.20. The van der Waals surface area contributed by atoms with Gasteiger partial charge in [-0.15, -0.1) is 12.4 Å². The van der Waals surface area contributed by atoms with Crippen LogP contribution in [-0.2, 0) is 0 Å². The van der Waals surface area contributed by atoms with Gasteiger partial charge in [-0.3, -0.25) is 0 Å². The number of nitrogens with two attached hydrogens (primary N) is 1. The minimum Gasteiger partial charge on any atom is -0.346 e. The molecule has 0 bridgehead atoms. The fourth-order valence-electron chi connectivity index (χ4n) is 1.20. The number of nitrogens with zero attached hydrogens (tertiary/aromatic N) is 1. The Labute approximate surface area is 82.8 Å². The van der Waals surface area contributed by atoms with E-state index in [9.17, 15) is 0 Å². The number of rotatable bonds is 1. The van der Waals surface area contributed by atoms with Crippen LogP contribution in [0.5, 0.6) is 0 Å². The van der Waals surface area contributed by atoms with E-state index in [2.05, 4.69) is 9.97 Å². The van der Waals surface area contributed by atoms with E-state index in [1.165, 1.54) is 0 Å². The van der Waals surface area contributed by atoms with Gasteiger partial charge in [-0.2, -0.15) is 0 Å². The summed E-state index contributed by atoms with van der Waals surface area (Å²) in [4.78, 5) is 7.40. The second-order valence-corrected chi connectivity index (χ2v) is 2.94. The smallest absolute Gasteiger partial charge is 0.137 e. The Hall–Kier alpha value is -1.06. The third kappa shape index (κ3) is 1.82. The zero-order valence-electron chi connectivity index (χ0n) is 7.32. The van der Waals surface area contributed by atoms with Gasteiger partial charge in [0.05, 0.1) is 5.69 Å². The summed E-state index contributed by atoms with van der Waals surface area (Å²) in [5.41, 5.74) is 7.53. The lowest BCUT2D eigenvalue weighted by molar-refractivity contribution is 0.786. The van der Waals surface area contributed by atoms with E-state index in [1.807, 2.05) is 31.3 Å². The molecule has 3 N–H and O–H groups in total. The van der Waals surface area contributed by atoms with E-state index in [0.29, 0.717) is 0 Å². The molecular formula is C9H12ClN3. The SMILES string of the molecule is C[C@H](N)c1ccc2cc[nH]c2n1.Cl. The largest absolute Gasteiger partial charge is 0.346 e. The molecule has 0 saturated heterocycles. The second-order valence-electron chi connectivity index (χ2n) is 2.94. The molecule has 2 heterocycles. The quantitative estimate of drug-likeness (QED) is 0.735. The van der Waals surface area contributed by atoms with Crippen LogP contribution in [0.1, 0.15) is 18.7 Å². The van der Waals surface area contributed by atoms with E-state index in [0.717, 1.165) is 16.7 Å². The summed E-state index contributed by atoms with van der Waals surface area (Å²) in [6, 6.07) is 5.98. The highest BCUT2D eigenvalue weighted by molar-refractivity contribution is 5.85. The Morgan fingerprint density at radius 3 is 2.85 bits per heavy atom. The first kappa shape index (κ1) is 10.0. The van der Waals surface area contributed by atoms with E-state index >= 15 is 0 Å². The highest BCUT2D eigenvalue weighted by Crippen LogP contribution is 2.13. The Morgan fingerprint density at radius 1 is 1.38 bits per heavy atom. The summed E-state index contributed by atoms with van der Waals surface area (Å²) in [6.07, 6.45) is 1.88. The molecule has 0 saturated carbocycles. The van der Waals surface area contributed by atoms with Crippen LogP contribution in [0.25, 0.3) is 11.0 Å². The first-order valence-corrected chi connectivity index (χ1v) is 3.97. The van der Waals surface area contributed by atoms with Gasteiger partial charge in [-0.1, -0.05) is 0 Å². The van der Waals surface area contributed by atoms with Crippen LogP contribution in [0.4, 0.5) is 0 Å². The van der Waals surface area contributed by atoms with Crippen molar-refractivity contribution < 1.29 is 0 Å². The number of nitrogens with one attached hydrogen (secondary N) is 1. The molecule has 0 spiro atoms. The van der Waals surface area contributed by atoms with Crippen molar-refractivity contribution in [2.24, 2.45) is 5.73 Å². The first-order valence-electron chi connectivity index (χ1n) is 3.97. The predicted octanol–water partition coefficient (Wildman–Crippen LogP) is 2.00. The van der Waals surface area contributed by atoms with Crippen molar-refractivity contribution >= 4 is 23.4 Å². The average Bonchev–Trinajstić information content (AvgIpc) is 2.49. The average molecular weight is 198 g/mol. The zero-order valence-corrected chi connectivity index (χ0v) is 8.14. The Morgan fingerprint density at radius 2 is 2.15 bits per heavy atom. The minimum atomic E-state index is -0.00213. The lowest BCUT2D eigenvalue weighted by Crippen LogP contribution is -2.06. The summed E-state index contributed by atoms with van der Waals surface area (Å²) in [5, 5.41) is 1.12. The molecule has 0 radical (unpaired) electrons. The van der Waals surface area contributed by atoms with Crippen LogP contribution in [0, 0.1) is 0 Å². The van der Waals surface area contributed by atoms with Crippen molar-refractivity contribution in [3.63, 3.8) is 0 Å². The van der Waals surface area contributed by atoms with Gasteiger partial charge in [-0.25, -0.2) is 4.98 Å². The summed E-state index contributed by atoms with van der Waals surface area (Å²) >= 11 is 0. The van der Waals surface area contributed by atoms with Crippen molar-refractivity contribution in [1.29, 1.82) is 0 Å². The molecule has 0 amide bonds. The van der Waals surface area contributed by atoms with Gasteiger partial charge in [0.15, 0.2) is 0 Å². The van der Waals surface area contributed by atoms with Gasteiger partial charge in [0.2, 0.25) is 0 Å². The predicted molar refractivity (Wildman–Crippen MR) is 55.9 cm³/mol. The van der Waals surface area contributed by atoms with Crippen molar-refractivity contribution in [3.8, 4) is 0 Å². The molecule has 70 valence electrons. The lowest BCUT2D eigenvalue weighted by Gasteiger charge is -2.02. The molecule has 0 aromatic carbocycles.